The fraction of sp³-hybridized carbons (Fsp3) is 0.211. The maximum absolute atomic E-state index is 12.1. The smallest absolute Gasteiger partial charge is 0.338 e. The lowest BCUT2D eigenvalue weighted by Crippen LogP contribution is -2.22. The summed E-state index contributed by atoms with van der Waals surface area (Å²) in [7, 11) is 0. The molecule has 9 heteroatoms. The lowest BCUT2D eigenvalue weighted by atomic mass is 10.2. The van der Waals surface area contributed by atoms with Crippen molar-refractivity contribution < 1.29 is 14.3 Å². The molecule has 1 heterocycles. The molecule has 9 nitrogen and oxygen atoms in total. The van der Waals surface area contributed by atoms with Crippen LogP contribution in [-0.4, -0.2) is 33.4 Å². The normalized spacial score (nSPS) is 11.3. The molecule has 0 amide bonds. The third kappa shape index (κ3) is 5.58. The number of hydrogen-bond donors (Lipinski definition) is 0. The van der Waals surface area contributed by atoms with Crippen molar-refractivity contribution in [3.05, 3.63) is 88.8 Å². The van der Waals surface area contributed by atoms with E-state index in [1.165, 1.54) is 12.7 Å². The molecule has 0 spiro atoms. The number of esters is 1. The number of ether oxygens (including phenoxy) is 2. The Kier molecular flexibility index (Phi) is 6.59. The SMILES string of the molecule is [N-]=[N+]=N[C@@H](COc1ccc(C(=O)OCc2ccccc2)cc1)Cn1cncn1. The van der Waals surface area contributed by atoms with Gasteiger partial charge in [-0.2, -0.15) is 5.10 Å². The molecule has 28 heavy (non-hydrogen) atoms. The minimum atomic E-state index is -0.442. The van der Waals surface area contributed by atoms with Crippen LogP contribution in [0.15, 0.2) is 72.4 Å². The molecule has 2 aromatic carbocycles. The summed E-state index contributed by atoms with van der Waals surface area (Å²) in [6, 6.07) is 15.6. The Morgan fingerprint density at radius 2 is 1.96 bits per heavy atom. The number of hydrogen-bond acceptors (Lipinski definition) is 6. The summed E-state index contributed by atoms with van der Waals surface area (Å²) in [6.07, 6.45) is 2.94. The van der Waals surface area contributed by atoms with Crippen LogP contribution in [0.3, 0.4) is 0 Å². The van der Waals surface area contributed by atoms with Crippen molar-refractivity contribution in [3.8, 4) is 5.75 Å². The summed E-state index contributed by atoms with van der Waals surface area (Å²) >= 11 is 0. The Morgan fingerprint density at radius 3 is 2.64 bits per heavy atom. The number of carbonyl (C=O) groups is 1. The van der Waals surface area contributed by atoms with Crippen LogP contribution in [0.5, 0.6) is 5.75 Å². The van der Waals surface area contributed by atoms with Gasteiger partial charge in [-0.1, -0.05) is 35.4 Å². The zero-order chi connectivity index (χ0) is 19.6. The topological polar surface area (TPSA) is 115 Å². The van der Waals surface area contributed by atoms with Gasteiger partial charge in [0.25, 0.3) is 0 Å². The Labute approximate surface area is 161 Å². The van der Waals surface area contributed by atoms with Gasteiger partial charge >= 0.3 is 5.97 Å². The molecule has 3 rings (SSSR count). The molecule has 1 atom stereocenters. The highest BCUT2D eigenvalue weighted by molar-refractivity contribution is 5.89. The molecule has 142 valence electrons. The van der Waals surface area contributed by atoms with Crippen molar-refractivity contribution in [1.29, 1.82) is 0 Å². The van der Waals surface area contributed by atoms with E-state index in [9.17, 15) is 4.79 Å². The summed E-state index contributed by atoms with van der Waals surface area (Å²) in [5.74, 6) is 0.143. The monoisotopic (exact) mass is 378 g/mol. The van der Waals surface area contributed by atoms with E-state index in [1.807, 2.05) is 30.3 Å². The van der Waals surface area contributed by atoms with Crippen molar-refractivity contribution in [3.63, 3.8) is 0 Å². The van der Waals surface area contributed by atoms with Gasteiger partial charge in [0.1, 0.15) is 25.0 Å². The Hall–Kier alpha value is -3.84. The van der Waals surface area contributed by atoms with E-state index < -0.39 is 12.0 Å². The third-order valence-corrected chi connectivity index (χ3v) is 3.82. The molecule has 1 aromatic heterocycles. The summed E-state index contributed by atoms with van der Waals surface area (Å²) in [6.45, 7) is 0.740. The lowest BCUT2D eigenvalue weighted by molar-refractivity contribution is 0.0472. The minimum Gasteiger partial charge on any atom is -0.493 e. The highest BCUT2D eigenvalue weighted by Crippen LogP contribution is 2.15. The standard InChI is InChI=1S/C19H18N6O3/c20-24-23-17(10-25-14-21-13-22-25)12-27-18-8-6-16(7-9-18)19(26)28-11-15-4-2-1-3-5-15/h1-9,13-14,17H,10-12H2/t17-/m1/s1. The maximum atomic E-state index is 12.1. The van der Waals surface area contributed by atoms with Gasteiger partial charge in [0.15, 0.2) is 0 Å². The van der Waals surface area contributed by atoms with E-state index in [0.29, 0.717) is 17.9 Å². The van der Waals surface area contributed by atoms with E-state index in [1.54, 1.807) is 28.9 Å². The van der Waals surface area contributed by atoms with Crippen LogP contribution < -0.4 is 4.74 Å². The van der Waals surface area contributed by atoms with Crippen LogP contribution >= 0.6 is 0 Å². The van der Waals surface area contributed by atoms with E-state index in [2.05, 4.69) is 20.1 Å². The fourth-order valence-electron chi connectivity index (χ4n) is 2.42. The number of rotatable bonds is 9. The first kappa shape index (κ1) is 18.9. The molecular formula is C19H18N6O3. The van der Waals surface area contributed by atoms with E-state index >= 15 is 0 Å². The van der Waals surface area contributed by atoms with Gasteiger partial charge in [0, 0.05) is 4.91 Å². The first-order valence-electron chi connectivity index (χ1n) is 8.55. The van der Waals surface area contributed by atoms with Gasteiger partial charge in [-0.05, 0) is 35.4 Å². The molecule has 0 radical (unpaired) electrons. The van der Waals surface area contributed by atoms with E-state index in [4.69, 9.17) is 15.0 Å². The average Bonchev–Trinajstić information content (AvgIpc) is 3.25. The molecule has 0 saturated heterocycles. The van der Waals surface area contributed by atoms with Crippen LogP contribution in [0.4, 0.5) is 0 Å². The van der Waals surface area contributed by atoms with Crippen molar-refractivity contribution in [2.75, 3.05) is 6.61 Å². The van der Waals surface area contributed by atoms with Gasteiger partial charge in [-0.25, -0.2) is 9.78 Å². The number of aromatic nitrogens is 3. The van der Waals surface area contributed by atoms with E-state index in [-0.39, 0.29) is 13.2 Å². The molecular weight excluding hydrogens is 360 g/mol. The molecule has 0 aliphatic heterocycles. The fourth-order valence-corrected chi connectivity index (χ4v) is 2.42. The predicted molar refractivity (Wildman–Crippen MR) is 100 cm³/mol. The second-order valence-corrected chi connectivity index (χ2v) is 5.87. The first-order valence-corrected chi connectivity index (χ1v) is 8.55. The third-order valence-electron chi connectivity index (χ3n) is 3.82. The summed E-state index contributed by atoms with van der Waals surface area (Å²) < 4.78 is 12.5. The van der Waals surface area contributed by atoms with Gasteiger partial charge in [0.2, 0.25) is 0 Å². The summed E-state index contributed by atoms with van der Waals surface area (Å²) in [5, 5.41) is 7.68. The molecule has 0 saturated carbocycles. The number of carbonyl (C=O) groups excluding carboxylic acids is 1. The largest absolute Gasteiger partial charge is 0.493 e. The summed E-state index contributed by atoms with van der Waals surface area (Å²) in [4.78, 5) is 18.8. The second-order valence-electron chi connectivity index (χ2n) is 5.87. The number of benzene rings is 2. The van der Waals surface area contributed by atoms with Gasteiger partial charge in [0.05, 0.1) is 24.8 Å². The number of nitrogens with zero attached hydrogens (tertiary/aromatic N) is 6. The van der Waals surface area contributed by atoms with Crippen LogP contribution in [0.1, 0.15) is 15.9 Å². The molecule has 0 N–H and O–H groups in total. The first-order chi connectivity index (χ1) is 13.7. The van der Waals surface area contributed by atoms with Gasteiger partial charge in [-0.15, -0.1) is 0 Å². The maximum Gasteiger partial charge on any atom is 0.338 e. The van der Waals surface area contributed by atoms with Crippen molar-refractivity contribution in [2.45, 2.75) is 19.2 Å². The zero-order valence-electron chi connectivity index (χ0n) is 15.0. The molecule has 0 fully saturated rings. The van der Waals surface area contributed by atoms with Crippen LogP contribution in [-0.2, 0) is 17.9 Å². The molecule has 0 bridgehead atoms. The molecule has 0 unspecified atom stereocenters. The zero-order valence-corrected chi connectivity index (χ0v) is 15.0. The lowest BCUT2D eigenvalue weighted by Gasteiger charge is -2.13. The Bertz CT molecular complexity index is 922. The van der Waals surface area contributed by atoms with Crippen LogP contribution in [0.2, 0.25) is 0 Å². The van der Waals surface area contributed by atoms with Gasteiger partial charge in [-0.3, -0.25) is 4.68 Å². The molecule has 3 aromatic rings. The van der Waals surface area contributed by atoms with E-state index in [0.717, 1.165) is 5.56 Å². The quantitative estimate of drug-likeness (QED) is 0.245. The Balaban J connectivity index is 1.51. The predicted octanol–water partition coefficient (Wildman–Crippen LogP) is 3.39. The second kappa shape index (κ2) is 9.75. The van der Waals surface area contributed by atoms with Crippen molar-refractivity contribution in [2.24, 2.45) is 5.11 Å². The van der Waals surface area contributed by atoms with Gasteiger partial charge < -0.3 is 9.47 Å². The molecule has 0 aliphatic carbocycles. The average molecular weight is 378 g/mol. The van der Waals surface area contributed by atoms with Crippen LogP contribution in [0, 0.1) is 0 Å². The minimum absolute atomic E-state index is 0.168. The Morgan fingerprint density at radius 1 is 1.18 bits per heavy atom. The van der Waals surface area contributed by atoms with Crippen LogP contribution in [0.25, 0.3) is 10.4 Å². The summed E-state index contributed by atoms with van der Waals surface area (Å²) in [5.41, 5.74) is 10.1. The van der Waals surface area contributed by atoms with Crippen molar-refractivity contribution in [1.82, 2.24) is 14.8 Å². The highest BCUT2D eigenvalue weighted by atomic mass is 16.5. The molecule has 0 aliphatic rings. The highest BCUT2D eigenvalue weighted by Gasteiger charge is 2.11. The number of azide groups is 1. The van der Waals surface area contributed by atoms with Crippen molar-refractivity contribution >= 4 is 5.97 Å².